The summed E-state index contributed by atoms with van der Waals surface area (Å²) in [5.74, 6) is 0.311. The van der Waals surface area contributed by atoms with Crippen LogP contribution in [0.4, 0.5) is 5.69 Å². The van der Waals surface area contributed by atoms with Crippen molar-refractivity contribution in [2.45, 2.75) is 19.9 Å². The summed E-state index contributed by atoms with van der Waals surface area (Å²) in [7, 11) is -2.96. The molecule has 0 spiro atoms. The number of sulfone groups is 1. The molecule has 0 bridgehead atoms. The Hall–Kier alpha value is -1.62. The lowest BCUT2D eigenvalue weighted by molar-refractivity contribution is 0.593. The van der Waals surface area contributed by atoms with Crippen molar-refractivity contribution >= 4 is 26.4 Å². The minimum absolute atomic E-state index is 0.132. The van der Waals surface area contributed by atoms with Gasteiger partial charge in [-0.25, -0.2) is 8.42 Å². The maximum absolute atomic E-state index is 11.6. The molecule has 102 valence electrons. The Bertz CT molecular complexity index is 668. The molecule has 19 heavy (non-hydrogen) atoms. The second-order valence-electron chi connectivity index (χ2n) is 4.66. The van der Waals surface area contributed by atoms with Crippen LogP contribution >= 0.6 is 0 Å². The van der Waals surface area contributed by atoms with E-state index in [0.717, 1.165) is 16.6 Å². The Kier molecular flexibility index (Phi) is 4.04. The van der Waals surface area contributed by atoms with Crippen LogP contribution in [0.15, 0.2) is 36.5 Å². The first kappa shape index (κ1) is 13.8. The first-order valence-electron chi connectivity index (χ1n) is 6.32. The number of aromatic nitrogens is 1. The maximum atomic E-state index is 11.6. The highest BCUT2D eigenvalue weighted by Crippen LogP contribution is 2.16. The Labute approximate surface area is 113 Å². The summed E-state index contributed by atoms with van der Waals surface area (Å²) >= 11 is 0. The van der Waals surface area contributed by atoms with Crippen molar-refractivity contribution in [1.29, 1.82) is 0 Å². The first-order valence-corrected chi connectivity index (χ1v) is 8.14. The van der Waals surface area contributed by atoms with Crippen LogP contribution in [0.25, 0.3) is 10.9 Å². The number of benzene rings is 1. The van der Waals surface area contributed by atoms with E-state index in [2.05, 4.69) is 10.3 Å². The standard InChI is InChI=1S/C14H18N2O2S/c1-3-19(17,18)10-11(2)16-13-8-12-6-4-5-7-14(12)15-9-13/h4-9,11,16H,3,10H2,1-2H3. The third kappa shape index (κ3) is 3.67. The number of nitrogens with one attached hydrogen (secondary N) is 1. The topological polar surface area (TPSA) is 59.1 Å². The molecule has 0 aliphatic carbocycles. The molecule has 2 rings (SSSR count). The fourth-order valence-electron chi connectivity index (χ4n) is 1.97. The number of rotatable bonds is 5. The van der Waals surface area contributed by atoms with E-state index in [9.17, 15) is 8.42 Å². The molecular formula is C14H18N2O2S. The van der Waals surface area contributed by atoms with E-state index >= 15 is 0 Å². The van der Waals surface area contributed by atoms with Gasteiger partial charge in [0.05, 0.1) is 23.2 Å². The Morgan fingerprint density at radius 2 is 2.05 bits per heavy atom. The summed E-state index contributed by atoms with van der Waals surface area (Å²) in [5.41, 5.74) is 1.78. The van der Waals surface area contributed by atoms with Gasteiger partial charge in [0.15, 0.2) is 9.84 Å². The molecule has 1 aromatic carbocycles. The van der Waals surface area contributed by atoms with Crippen LogP contribution in [0.3, 0.4) is 0 Å². The molecular weight excluding hydrogens is 260 g/mol. The lowest BCUT2D eigenvalue weighted by Crippen LogP contribution is -2.26. The SMILES string of the molecule is CCS(=O)(=O)CC(C)Nc1cnc2ccccc2c1. The highest BCUT2D eigenvalue weighted by Gasteiger charge is 2.13. The average molecular weight is 278 g/mol. The molecule has 2 aromatic rings. The minimum atomic E-state index is -2.96. The highest BCUT2D eigenvalue weighted by atomic mass is 32.2. The lowest BCUT2D eigenvalue weighted by atomic mass is 10.2. The van der Waals surface area contributed by atoms with Gasteiger partial charge >= 0.3 is 0 Å². The van der Waals surface area contributed by atoms with E-state index in [4.69, 9.17) is 0 Å². The Morgan fingerprint density at radius 3 is 2.79 bits per heavy atom. The largest absolute Gasteiger partial charge is 0.380 e. The molecule has 1 heterocycles. The number of anilines is 1. The van der Waals surface area contributed by atoms with E-state index in [-0.39, 0.29) is 17.5 Å². The summed E-state index contributed by atoms with van der Waals surface area (Å²) in [5, 5.41) is 4.22. The predicted molar refractivity (Wildman–Crippen MR) is 79.2 cm³/mol. The van der Waals surface area contributed by atoms with Crippen LogP contribution in [0.2, 0.25) is 0 Å². The third-order valence-corrected chi connectivity index (χ3v) is 4.83. The normalized spacial score (nSPS) is 13.4. The zero-order valence-electron chi connectivity index (χ0n) is 11.1. The zero-order chi connectivity index (χ0) is 13.9. The van der Waals surface area contributed by atoms with Gasteiger partial charge in [0.2, 0.25) is 0 Å². The fraction of sp³-hybridized carbons (Fsp3) is 0.357. The van der Waals surface area contributed by atoms with Crippen molar-refractivity contribution in [3.05, 3.63) is 36.5 Å². The average Bonchev–Trinajstić information content (AvgIpc) is 2.38. The van der Waals surface area contributed by atoms with Crippen molar-refractivity contribution < 1.29 is 8.42 Å². The zero-order valence-corrected chi connectivity index (χ0v) is 11.9. The molecule has 1 atom stereocenters. The van der Waals surface area contributed by atoms with Crippen LogP contribution in [-0.4, -0.2) is 30.9 Å². The lowest BCUT2D eigenvalue weighted by Gasteiger charge is -2.15. The van der Waals surface area contributed by atoms with Crippen LogP contribution < -0.4 is 5.32 Å². The van der Waals surface area contributed by atoms with Crippen molar-refractivity contribution in [3.63, 3.8) is 0 Å². The monoisotopic (exact) mass is 278 g/mol. The molecule has 0 aliphatic heterocycles. The second kappa shape index (κ2) is 5.57. The van der Waals surface area contributed by atoms with Crippen LogP contribution in [0.5, 0.6) is 0 Å². The number of fused-ring (bicyclic) bond motifs is 1. The molecule has 0 fully saturated rings. The molecule has 0 aliphatic rings. The molecule has 4 nitrogen and oxygen atoms in total. The van der Waals surface area contributed by atoms with E-state index in [1.807, 2.05) is 37.3 Å². The molecule has 0 saturated heterocycles. The summed E-state index contributed by atoms with van der Waals surface area (Å²) in [6.07, 6.45) is 1.73. The molecule has 0 radical (unpaired) electrons. The summed E-state index contributed by atoms with van der Waals surface area (Å²) < 4.78 is 23.1. The molecule has 1 N–H and O–H groups in total. The van der Waals surface area contributed by atoms with E-state index in [1.165, 1.54) is 0 Å². The fourth-order valence-corrected chi connectivity index (χ4v) is 3.06. The van der Waals surface area contributed by atoms with Crippen LogP contribution in [0, 0.1) is 0 Å². The minimum Gasteiger partial charge on any atom is -0.380 e. The van der Waals surface area contributed by atoms with Crippen molar-refractivity contribution in [1.82, 2.24) is 4.98 Å². The second-order valence-corrected chi connectivity index (χ2v) is 7.06. The van der Waals surface area contributed by atoms with Gasteiger partial charge in [-0.15, -0.1) is 0 Å². The quantitative estimate of drug-likeness (QED) is 0.912. The van der Waals surface area contributed by atoms with Crippen molar-refractivity contribution in [2.24, 2.45) is 0 Å². The third-order valence-electron chi connectivity index (χ3n) is 2.95. The summed E-state index contributed by atoms with van der Waals surface area (Å²) in [4.78, 5) is 4.34. The molecule has 0 saturated carbocycles. The van der Waals surface area contributed by atoms with Gasteiger partial charge in [-0.1, -0.05) is 25.1 Å². The van der Waals surface area contributed by atoms with Crippen molar-refractivity contribution in [2.75, 3.05) is 16.8 Å². The van der Waals surface area contributed by atoms with Gasteiger partial charge < -0.3 is 5.32 Å². The smallest absolute Gasteiger partial charge is 0.152 e. The Morgan fingerprint density at radius 1 is 1.32 bits per heavy atom. The molecule has 0 amide bonds. The molecule has 5 heteroatoms. The number of hydrogen-bond acceptors (Lipinski definition) is 4. The van der Waals surface area contributed by atoms with Gasteiger partial charge in [-0.3, -0.25) is 4.98 Å². The predicted octanol–water partition coefficient (Wildman–Crippen LogP) is 2.47. The number of pyridine rings is 1. The van der Waals surface area contributed by atoms with Crippen molar-refractivity contribution in [3.8, 4) is 0 Å². The number of nitrogens with zero attached hydrogens (tertiary/aromatic N) is 1. The van der Waals surface area contributed by atoms with E-state index < -0.39 is 9.84 Å². The van der Waals surface area contributed by atoms with E-state index in [0.29, 0.717) is 0 Å². The Balaban J connectivity index is 2.13. The molecule has 1 aromatic heterocycles. The highest BCUT2D eigenvalue weighted by molar-refractivity contribution is 7.91. The van der Waals surface area contributed by atoms with Gasteiger partial charge in [-0.2, -0.15) is 0 Å². The van der Waals surface area contributed by atoms with Crippen LogP contribution in [0.1, 0.15) is 13.8 Å². The summed E-state index contributed by atoms with van der Waals surface area (Å²) in [6, 6.07) is 9.69. The molecule has 1 unspecified atom stereocenters. The van der Waals surface area contributed by atoms with Crippen LogP contribution in [-0.2, 0) is 9.84 Å². The van der Waals surface area contributed by atoms with Gasteiger partial charge in [0.25, 0.3) is 0 Å². The van der Waals surface area contributed by atoms with Gasteiger partial charge in [0.1, 0.15) is 0 Å². The van der Waals surface area contributed by atoms with Gasteiger partial charge in [-0.05, 0) is 19.1 Å². The summed E-state index contributed by atoms with van der Waals surface area (Å²) in [6.45, 7) is 3.53. The first-order chi connectivity index (χ1) is 9.00. The number of hydrogen-bond donors (Lipinski definition) is 1. The maximum Gasteiger partial charge on any atom is 0.152 e. The van der Waals surface area contributed by atoms with E-state index in [1.54, 1.807) is 13.1 Å². The number of para-hydroxylation sites is 1. The van der Waals surface area contributed by atoms with Gasteiger partial charge in [0, 0.05) is 17.2 Å².